The van der Waals surface area contributed by atoms with Gasteiger partial charge in [0.05, 0.1) is 8.95 Å². The molecule has 0 spiro atoms. The van der Waals surface area contributed by atoms with E-state index in [9.17, 15) is 0 Å². The Morgan fingerprint density at radius 3 is 2.50 bits per heavy atom. The molecular weight excluding hydrogens is 358 g/mol. The third-order valence-corrected chi connectivity index (χ3v) is 3.87. The summed E-state index contributed by atoms with van der Waals surface area (Å²) in [6, 6.07) is 4.93. The van der Waals surface area contributed by atoms with E-state index in [2.05, 4.69) is 55.9 Å². The third-order valence-electron chi connectivity index (χ3n) is 2.69. The van der Waals surface area contributed by atoms with Crippen LogP contribution in [0.25, 0.3) is 0 Å². The van der Waals surface area contributed by atoms with Gasteiger partial charge in [-0.15, -0.1) is 0 Å². The average Bonchev–Trinajstić information content (AvgIpc) is 3.08. The Bertz CT molecular complexity index is 432. The van der Waals surface area contributed by atoms with Crippen LogP contribution in [0.1, 0.15) is 25.3 Å². The number of ether oxygens (including phenoxy) is 1. The Morgan fingerprint density at radius 2 is 2.00 bits per heavy atom. The second-order valence-electron chi connectivity index (χ2n) is 4.79. The summed E-state index contributed by atoms with van der Waals surface area (Å²) >= 11 is 7.12. The van der Waals surface area contributed by atoms with Crippen molar-refractivity contribution in [3.8, 4) is 5.75 Å². The summed E-state index contributed by atoms with van der Waals surface area (Å²) in [5, 5.41) is 3.50. The highest BCUT2D eigenvalue weighted by atomic mass is 79.9. The van der Waals surface area contributed by atoms with E-state index in [1.807, 2.05) is 6.92 Å². The van der Waals surface area contributed by atoms with E-state index in [-0.39, 0.29) is 0 Å². The Hall–Kier alpha value is -0.320. The normalized spacial score (nSPS) is 14.6. The van der Waals surface area contributed by atoms with Gasteiger partial charge < -0.3 is 10.1 Å². The predicted octanol–water partition coefficient (Wildman–Crippen LogP) is 4.42. The quantitative estimate of drug-likeness (QED) is 0.744. The van der Waals surface area contributed by atoms with Gasteiger partial charge in [-0.1, -0.05) is 6.58 Å². The van der Waals surface area contributed by atoms with Crippen molar-refractivity contribution >= 4 is 31.9 Å². The lowest BCUT2D eigenvalue weighted by Gasteiger charge is -2.12. The highest BCUT2D eigenvalue weighted by molar-refractivity contribution is 9.11. The molecule has 0 aliphatic heterocycles. The molecule has 2 nitrogen and oxygen atoms in total. The molecule has 0 bridgehead atoms. The molecule has 1 aromatic rings. The Morgan fingerprint density at radius 1 is 1.39 bits per heavy atom. The van der Waals surface area contributed by atoms with E-state index in [0.29, 0.717) is 6.61 Å². The van der Waals surface area contributed by atoms with Gasteiger partial charge in [0.15, 0.2) is 0 Å². The smallest absolute Gasteiger partial charge is 0.148 e. The van der Waals surface area contributed by atoms with Gasteiger partial charge in [0.25, 0.3) is 0 Å². The summed E-state index contributed by atoms with van der Waals surface area (Å²) < 4.78 is 7.66. The Balaban J connectivity index is 2.04. The summed E-state index contributed by atoms with van der Waals surface area (Å²) in [5.74, 6) is 0.841. The minimum atomic E-state index is 0.539. The monoisotopic (exact) mass is 373 g/mol. The van der Waals surface area contributed by atoms with Crippen molar-refractivity contribution in [2.75, 3.05) is 6.61 Å². The first kappa shape index (κ1) is 14.1. The van der Waals surface area contributed by atoms with Gasteiger partial charge in [-0.3, -0.25) is 0 Å². The molecule has 0 heterocycles. The molecule has 1 saturated carbocycles. The number of hydrogen-bond donors (Lipinski definition) is 1. The summed E-state index contributed by atoms with van der Waals surface area (Å²) in [5.41, 5.74) is 2.26. The third kappa shape index (κ3) is 4.11. The second-order valence-corrected chi connectivity index (χ2v) is 6.50. The fourth-order valence-corrected chi connectivity index (χ4v) is 3.11. The van der Waals surface area contributed by atoms with Crippen LogP contribution in [-0.4, -0.2) is 12.6 Å². The maximum atomic E-state index is 5.71. The van der Waals surface area contributed by atoms with E-state index in [1.54, 1.807) is 0 Å². The zero-order chi connectivity index (χ0) is 13.1. The van der Waals surface area contributed by atoms with Gasteiger partial charge in [-0.05, 0) is 74.9 Å². The predicted molar refractivity (Wildman–Crippen MR) is 82.0 cm³/mol. The largest absolute Gasteiger partial charge is 0.487 e. The molecule has 0 saturated heterocycles. The van der Waals surface area contributed by atoms with Gasteiger partial charge >= 0.3 is 0 Å². The number of rotatable bonds is 6. The van der Waals surface area contributed by atoms with Crippen molar-refractivity contribution in [3.63, 3.8) is 0 Å². The van der Waals surface area contributed by atoms with Gasteiger partial charge in [-0.25, -0.2) is 0 Å². The van der Waals surface area contributed by atoms with Crippen LogP contribution in [-0.2, 0) is 6.54 Å². The number of halogens is 2. The van der Waals surface area contributed by atoms with E-state index < -0.39 is 0 Å². The molecule has 1 aliphatic carbocycles. The zero-order valence-corrected chi connectivity index (χ0v) is 13.6. The standard InChI is InChI=1S/C14H17Br2NO/c1-9(2)8-18-14-12(15)5-10(6-13(14)16)7-17-11-3-4-11/h5-6,11,17H,1,3-4,7-8H2,2H3. The van der Waals surface area contributed by atoms with Crippen LogP contribution in [0.3, 0.4) is 0 Å². The number of nitrogens with one attached hydrogen (secondary N) is 1. The molecule has 0 aromatic heterocycles. The molecule has 1 fully saturated rings. The highest BCUT2D eigenvalue weighted by Crippen LogP contribution is 2.35. The van der Waals surface area contributed by atoms with Crippen LogP contribution >= 0.6 is 31.9 Å². The summed E-state index contributed by atoms with van der Waals surface area (Å²) in [6.45, 7) is 7.24. The minimum absolute atomic E-state index is 0.539. The summed E-state index contributed by atoms with van der Waals surface area (Å²) in [7, 11) is 0. The minimum Gasteiger partial charge on any atom is -0.487 e. The average molecular weight is 375 g/mol. The first-order chi connectivity index (χ1) is 8.56. The first-order valence-corrected chi connectivity index (χ1v) is 7.63. The van der Waals surface area contributed by atoms with Crippen LogP contribution in [0, 0.1) is 0 Å². The molecule has 0 unspecified atom stereocenters. The SMILES string of the molecule is C=C(C)COc1c(Br)cc(CNC2CC2)cc1Br. The first-order valence-electron chi connectivity index (χ1n) is 6.04. The molecule has 4 heteroatoms. The molecule has 2 rings (SSSR count). The lowest BCUT2D eigenvalue weighted by Crippen LogP contribution is -2.15. The molecule has 0 amide bonds. The molecular formula is C14H17Br2NO. The van der Waals surface area contributed by atoms with E-state index in [4.69, 9.17) is 4.74 Å². The van der Waals surface area contributed by atoms with Crippen molar-refractivity contribution < 1.29 is 4.74 Å². The Labute approximate surface area is 125 Å². The van der Waals surface area contributed by atoms with Gasteiger partial charge in [-0.2, -0.15) is 0 Å². The molecule has 1 aliphatic rings. The zero-order valence-electron chi connectivity index (χ0n) is 10.4. The molecule has 0 radical (unpaired) electrons. The highest BCUT2D eigenvalue weighted by Gasteiger charge is 2.20. The summed E-state index contributed by atoms with van der Waals surface area (Å²) in [6.07, 6.45) is 2.62. The number of benzene rings is 1. The van der Waals surface area contributed by atoms with Gasteiger partial charge in [0.1, 0.15) is 12.4 Å². The van der Waals surface area contributed by atoms with E-state index in [1.165, 1.54) is 18.4 Å². The van der Waals surface area contributed by atoms with E-state index >= 15 is 0 Å². The Kier molecular flexibility index (Phi) is 4.87. The van der Waals surface area contributed by atoms with Crippen molar-refractivity contribution in [1.29, 1.82) is 0 Å². The van der Waals surface area contributed by atoms with Crippen molar-refractivity contribution in [3.05, 3.63) is 38.8 Å². The molecule has 98 valence electrons. The molecule has 18 heavy (non-hydrogen) atoms. The van der Waals surface area contributed by atoms with Crippen LogP contribution in [0.2, 0.25) is 0 Å². The van der Waals surface area contributed by atoms with Crippen LogP contribution < -0.4 is 10.1 Å². The number of hydrogen-bond acceptors (Lipinski definition) is 2. The van der Waals surface area contributed by atoms with Gasteiger partial charge in [0.2, 0.25) is 0 Å². The van der Waals surface area contributed by atoms with Gasteiger partial charge in [0, 0.05) is 12.6 Å². The topological polar surface area (TPSA) is 21.3 Å². The van der Waals surface area contributed by atoms with Crippen LogP contribution in [0.5, 0.6) is 5.75 Å². The van der Waals surface area contributed by atoms with Crippen molar-refractivity contribution in [2.45, 2.75) is 32.4 Å². The van der Waals surface area contributed by atoms with Crippen molar-refractivity contribution in [2.24, 2.45) is 0 Å². The molecule has 0 atom stereocenters. The molecule has 1 N–H and O–H groups in total. The lowest BCUT2D eigenvalue weighted by molar-refractivity contribution is 0.348. The second kappa shape index (κ2) is 6.22. The maximum Gasteiger partial charge on any atom is 0.148 e. The fourth-order valence-electron chi connectivity index (χ4n) is 1.60. The van der Waals surface area contributed by atoms with E-state index in [0.717, 1.165) is 32.9 Å². The van der Waals surface area contributed by atoms with Crippen molar-refractivity contribution in [1.82, 2.24) is 5.32 Å². The van der Waals surface area contributed by atoms with Crippen LogP contribution in [0.15, 0.2) is 33.2 Å². The van der Waals surface area contributed by atoms with Crippen LogP contribution in [0.4, 0.5) is 0 Å². The maximum absolute atomic E-state index is 5.71. The fraction of sp³-hybridized carbons (Fsp3) is 0.429. The summed E-state index contributed by atoms with van der Waals surface area (Å²) in [4.78, 5) is 0. The molecule has 1 aromatic carbocycles. The lowest BCUT2D eigenvalue weighted by atomic mass is 10.2.